The van der Waals surface area contributed by atoms with E-state index in [4.69, 9.17) is 10.5 Å². The largest absolute Gasteiger partial charge is 0.377 e. The highest BCUT2D eigenvalue weighted by atomic mass is 16.5. The lowest BCUT2D eigenvalue weighted by Crippen LogP contribution is -2.57. The number of nitrogens with two attached hydrogens (primary N) is 1. The second-order valence-electron chi connectivity index (χ2n) is 5.88. The summed E-state index contributed by atoms with van der Waals surface area (Å²) in [7, 11) is 2.21. The first kappa shape index (κ1) is 13.3. The lowest BCUT2D eigenvalue weighted by molar-refractivity contribution is 0.0406. The van der Waals surface area contributed by atoms with E-state index in [0.717, 1.165) is 39.2 Å². The first-order valence-corrected chi connectivity index (χ1v) is 6.84. The normalized spacial score (nSPS) is 41.6. The molecule has 0 aliphatic carbocycles. The van der Waals surface area contributed by atoms with Crippen molar-refractivity contribution in [2.45, 2.75) is 44.4 Å². The Morgan fingerprint density at radius 2 is 2.18 bits per heavy atom. The van der Waals surface area contributed by atoms with Gasteiger partial charge in [0.1, 0.15) is 0 Å². The maximum Gasteiger partial charge on any atom is 0.0674 e. The molecule has 0 saturated carbocycles. The zero-order valence-electron chi connectivity index (χ0n) is 11.5. The first-order chi connectivity index (χ1) is 8.07. The van der Waals surface area contributed by atoms with E-state index in [2.05, 4.69) is 30.7 Å². The Balaban J connectivity index is 2.11. The van der Waals surface area contributed by atoms with Crippen molar-refractivity contribution in [2.24, 2.45) is 5.73 Å². The van der Waals surface area contributed by atoms with Crippen LogP contribution in [-0.4, -0.2) is 67.3 Å². The minimum Gasteiger partial charge on any atom is -0.377 e. The average Bonchev–Trinajstić information content (AvgIpc) is 2.49. The summed E-state index contributed by atoms with van der Waals surface area (Å²) in [6.07, 6.45) is 2.65. The van der Waals surface area contributed by atoms with Crippen LogP contribution >= 0.6 is 0 Å². The second kappa shape index (κ2) is 5.22. The van der Waals surface area contributed by atoms with Gasteiger partial charge in [-0.05, 0) is 33.7 Å². The van der Waals surface area contributed by atoms with Crippen LogP contribution in [0.4, 0.5) is 0 Å². The molecule has 0 aromatic heterocycles. The summed E-state index contributed by atoms with van der Waals surface area (Å²) in [4.78, 5) is 5.02. The van der Waals surface area contributed by atoms with E-state index in [1.807, 2.05) is 0 Å². The van der Waals surface area contributed by atoms with Gasteiger partial charge in [-0.1, -0.05) is 0 Å². The molecule has 100 valence electrons. The van der Waals surface area contributed by atoms with Crippen molar-refractivity contribution < 1.29 is 4.74 Å². The fraction of sp³-hybridized carbons (Fsp3) is 1.00. The Bertz CT molecular complexity index is 249. The van der Waals surface area contributed by atoms with E-state index >= 15 is 0 Å². The Kier molecular flexibility index (Phi) is 4.08. The Morgan fingerprint density at radius 1 is 1.41 bits per heavy atom. The molecule has 2 aliphatic heterocycles. The van der Waals surface area contributed by atoms with Crippen molar-refractivity contribution in [3.63, 3.8) is 0 Å². The smallest absolute Gasteiger partial charge is 0.0674 e. The van der Waals surface area contributed by atoms with Gasteiger partial charge in [0.15, 0.2) is 0 Å². The fourth-order valence-corrected chi connectivity index (χ4v) is 3.32. The molecule has 4 nitrogen and oxygen atoms in total. The first-order valence-electron chi connectivity index (χ1n) is 6.84. The summed E-state index contributed by atoms with van der Waals surface area (Å²) in [6.45, 7) is 9.37. The molecule has 0 aromatic rings. The number of likely N-dealkylation sites (N-methyl/N-ethyl adjacent to an activating group) is 1. The topological polar surface area (TPSA) is 41.7 Å². The third-order valence-corrected chi connectivity index (χ3v) is 4.47. The molecule has 17 heavy (non-hydrogen) atoms. The van der Waals surface area contributed by atoms with Crippen molar-refractivity contribution in [1.29, 1.82) is 0 Å². The van der Waals surface area contributed by atoms with Crippen LogP contribution in [0.15, 0.2) is 0 Å². The predicted molar refractivity (Wildman–Crippen MR) is 70.1 cm³/mol. The van der Waals surface area contributed by atoms with Crippen LogP contribution in [0.5, 0.6) is 0 Å². The van der Waals surface area contributed by atoms with Crippen molar-refractivity contribution in [1.82, 2.24) is 9.80 Å². The molecule has 0 spiro atoms. The highest BCUT2D eigenvalue weighted by molar-refractivity contribution is 5.03. The summed E-state index contributed by atoms with van der Waals surface area (Å²) in [5, 5.41) is 0. The predicted octanol–water partition coefficient (Wildman–Crippen LogP) is 0.519. The second-order valence-corrected chi connectivity index (χ2v) is 5.88. The van der Waals surface area contributed by atoms with Crippen LogP contribution in [0.2, 0.25) is 0 Å². The Hall–Kier alpha value is -0.160. The van der Waals surface area contributed by atoms with E-state index in [9.17, 15) is 0 Å². The van der Waals surface area contributed by atoms with Crippen LogP contribution in [0.25, 0.3) is 0 Å². The van der Waals surface area contributed by atoms with Crippen molar-refractivity contribution in [3.05, 3.63) is 0 Å². The molecule has 0 bridgehead atoms. The van der Waals surface area contributed by atoms with Crippen LogP contribution in [0.3, 0.4) is 0 Å². The van der Waals surface area contributed by atoms with Gasteiger partial charge in [-0.2, -0.15) is 0 Å². The van der Waals surface area contributed by atoms with E-state index in [1.165, 1.54) is 6.42 Å². The van der Waals surface area contributed by atoms with E-state index in [1.54, 1.807) is 0 Å². The Morgan fingerprint density at radius 3 is 2.76 bits per heavy atom. The summed E-state index contributed by atoms with van der Waals surface area (Å²) in [5.41, 5.74) is 6.29. The highest BCUT2D eigenvalue weighted by Crippen LogP contribution is 2.31. The van der Waals surface area contributed by atoms with Gasteiger partial charge in [0, 0.05) is 44.4 Å². The molecule has 0 aromatic carbocycles. The van der Waals surface area contributed by atoms with Gasteiger partial charge < -0.3 is 15.4 Å². The summed E-state index contributed by atoms with van der Waals surface area (Å²) in [6, 6.07) is 0.637. The van der Waals surface area contributed by atoms with E-state index in [-0.39, 0.29) is 5.54 Å². The molecule has 2 aliphatic rings. The molecule has 2 rings (SSSR count). The van der Waals surface area contributed by atoms with Gasteiger partial charge >= 0.3 is 0 Å². The third kappa shape index (κ3) is 2.65. The van der Waals surface area contributed by atoms with Crippen LogP contribution in [-0.2, 0) is 4.74 Å². The minimum atomic E-state index is 0.177. The van der Waals surface area contributed by atoms with Crippen molar-refractivity contribution >= 4 is 0 Å². The zero-order valence-corrected chi connectivity index (χ0v) is 11.5. The van der Waals surface area contributed by atoms with Crippen molar-refractivity contribution in [3.8, 4) is 0 Å². The van der Waals surface area contributed by atoms with Gasteiger partial charge in [0.05, 0.1) is 6.10 Å². The van der Waals surface area contributed by atoms with Gasteiger partial charge in [0.25, 0.3) is 0 Å². The zero-order chi connectivity index (χ0) is 12.5. The van der Waals surface area contributed by atoms with Gasteiger partial charge in [-0.25, -0.2) is 0 Å². The molecule has 2 heterocycles. The minimum absolute atomic E-state index is 0.177. The molecule has 3 unspecified atom stereocenters. The van der Waals surface area contributed by atoms with E-state index < -0.39 is 0 Å². The number of rotatable bonds is 2. The third-order valence-electron chi connectivity index (χ3n) is 4.47. The van der Waals surface area contributed by atoms with E-state index in [0.29, 0.717) is 12.1 Å². The number of ether oxygens (including phenoxy) is 1. The number of hydrogen-bond donors (Lipinski definition) is 1. The van der Waals surface area contributed by atoms with Gasteiger partial charge in [-0.15, -0.1) is 0 Å². The van der Waals surface area contributed by atoms with Crippen LogP contribution in [0.1, 0.15) is 26.7 Å². The molecule has 0 radical (unpaired) electrons. The molecule has 2 saturated heterocycles. The maximum absolute atomic E-state index is 6.11. The quantitative estimate of drug-likeness (QED) is 0.765. The molecule has 2 N–H and O–H groups in total. The van der Waals surface area contributed by atoms with Crippen molar-refractivity contribution in [2.75, 3.05) is 39.8 Å². The SMILES string of the molecule is CC1CN(C2(CN)CC(C)N(C)C2)CCCO1. The van der Waals surface area contributed by atoms with Crippen LogP contribution < -0.4 is 5.73 Å². The lowest BCUT2D eigenvalue weighted by atomic mass is 9.93. The molecule has 3 atom stereocenters. The summed E-state index contributed by atoms with van der Waals surface area (Å²) >= 11 is 0. The monoisotopic (exact) mass is 241 g/mol. The molecular formula is C13H27N3O. The average molecular weight is 241 g/mol. The number of likely N-dealkylation sites (tertiary alicyclic amines) is 1. The number of hydrogen-bond acceptors (Lipinski definition) is 4. The Labute approximate surface area is 105 Å². The highest BCUT2D eigenvalue weighted by Gasteiger charge is 2.44. The molecule has 2 fully saturated rings. The molecular weight excluding hydrogens is 214 g/mol. The molecule has 4 heteroatoms. The van der Waals surface area contributed by atoms with Gasteiger partial charge in [-0.3, -0.25) is 4.90 Å². The van der Waals surface area contributed by atoms with Gasteiger partial charge in [0.2, 0.25) is 0 Å². The standard InChI is InChI=1S/C13H27N3O/c1-11-7-13(9-14,10-15(11)3)16-5-4-6-17-12(2)8-16/h11-12H,4-10,14H2,1-3H3. The summed E-state index contributed by atoms with van der Waals surface area (Å²) in [5.74, 6) is 0. The fourth-order valence-electron chi connectivity index (χ4n) is 3.32. The summed E-state index contributed by atoms with van der Waals surface area (Å²) < 4.78 is 5.74. The molecule has 0 amide bonds. The number of nitrogens with zero attached hydrogens (tertiary/aromatic N) is 2. The van der Waals surface area contributed by atoms with Crippen LogP contribution in [0, 0.1) is 0 Å². The lowest BCUT2D eigenvalue weighted by Gasteiger charge is -2.40. The maximum atomic E-state index is 6.11.